The van der Waals surface area contributed by atoms with E-state index in [-0.39, 0.29) is 0 Å². The van der Waals surface area contributed by atoms with E-state index >= 15 is 0 Å². The Labute approximate surface area is 201 Å². The molecule has 0 saturated carbocycles. The molecule has 0 bridgehead atoms. The van der Waals surface area contributed by atoms with Crippen molar-refractivity contribution in [2.75, 3.05) is 0 Å². The number of hydrogen-bond donors (Lipinski definition) is 0. The van der Waals surface area contributed by atoms with Gasteiger partial charge in [-0.1, -0.05) is 91.9 Å². The summed E-state index contributed by atoms with van der Waals surface area (Å²) >= 11 is 0. The van der Waals surface area contributed by atoms with Crippen LogP contribution in [0.3, 0.4) is 0 Å². The Morgan fingerprint density at radius 1 is 0.562 bits per heavy atom. The molecule has 0 nitrogen and oxygen atoms in total. The third kappa shape index (κ3) is 11.8. The second-order valence-electron chi connectivity index (χ2n) is 10.9. The summed E-state index contributed by atoms with van der Waals surface area (Å²) in [4.78, 5) is 0. The zero-order valence-corrected chi connectivity index (χ0v) is 22.5. The number of rotatable bonds is 14. The first-order valence-electron chi connectivity index (χ1n) is 13.3. The van der Waals surface area contributed by atoms with E-state index in [1.807, 2.05) is 13.8 Å². The maximum Gasteiger partial charge on any atom is 0.0280 e. The summed E-state index contributed by atoms with van der Waals surface area (Å²) in [5.41, 5.74) is 5.24. The van der Waals surface area contributed by atoms with Gasteiger partial charge < -0.3 is 0 Å². The summed E-state index contributed by atoms with van der Waals surface area (Å²) in [6.07, 6.45) is 12.7. The molecule has 1 aromatic rings. The van der Waals surface area contributed by atoms with Crippen LogP contribution < -0.4 is 0 Å². The van der Waals surface area contributed by atoms with E-state index in [1.165, 1.54) is 73.6 Å². The number of hydrogen-bond acceptors (Lipinski definition) is 0. The normalized spacial score (nSPS) is 12.8. The first-order chi connectivity index (χ1) is 15.3. The molecule has 0 heteroatoms. The van der Waals surface area contributed by atoms with Gasteiger partial charge in [0.05, 0.1) is 0 Å². The second-order valence-corrected chi connectivity index (χ2v) is 10.9. The Morgan fingerprint density at radius 3 is 1.25 bits per heavy atom. The molecule has 0 aliphatic heterocycles. The molecule has 0 spiro atoms. The summed E-state index contributed by atoms with van der Waals surface area (Å²) in [6, 6.07) is 4.71. The molecular weight excluding hydrogens is 384 g/mol. The lowest BCUT2D eigenvalue weighted by molar-refractivity contribution is 0.436. The molecule has 0 radical (unpaired) electrons. The van der Waals surface area contributed by atoms with Crippen molar-refractivity contribution in [1.82, 2.24) is 0 Å². The highest BCUT2D eigenvalue weighted by Crippen LogP contribution is 2.25. The predicted molar refractivity (Wildman–Crippen MR) is 144 cm³/mol. The zero-order valence-electron chi connectivity index (χ0n) is 22.5. The Morgan fingerprint density at radius 2 is 0.938 bits per heavy atom. The van der Waals surface area contributed by atoms with Gasteiger partial charge in [-0.2, -0.15) is 0 Å². The van der Waals surface area contributed by atoms with E-state index in [1.54, 1.807) is 0 Å². The molecule has 1 rings (SSSR count). The minimum Gasteiger partial charge on any atom is -0.101 e. The van der Waals surface area contributed by atoms with Crippen molar-refractivity contribution in [2.45, 2.75) is 120 Å². The quantitative estimate of drug-likeness (QED) is 0.256. The van der Waals surface area contributed by atoms with Crippen molar-refractivity contribution in [3.05, 3.63) is 34.4 Å². The summed E-state index contributed by atoms with van der Waals surface area (Å²) in [5, 5.41) is 0. The van der Waals surface area contributed by atoms with Crippen LogP contribution in [0.25, 0.3) is 0 Å². The SMILES string of the molecule is CC#Cc1cc(CC[C@H](C)CCCC(C)C)c(C#CC)cc1CC[C@H](C)CCCC(C)C. The van der Waals surface area contributed by atoms with Crippen molar-refractivity contribution in [1.29, 1.82) is 0 Å². The number of aryl methyl sites for hydroxylation is 2. The summed E-state index contributed by atoms with van der Waals surface area (Å²) < 4.78 is 0. The number of benzene rings is 1. The van der Waals surface area contributed by atoms with Gasteiger partial charge in [0.25, 0.3) is 0 Å². The zero-order chi connectivity index (χ0) is 23.9. The van der Waals surface area contributed by atoms with E-state index in [0.29, 0.717) is 0 Å². The molecular formula is C32H50. The summed E-state index contributed by atoms with van der Waals surface area (Å²) in [6.45, 7) is 18.0. The fraction of sp³-hybridized carbons (Fsp3) is 0.688. The molecule has 0 N–H and O–H groups in total. The molecule has 0 aromatic heterocycles. The predicted octanol–water partition coefficient (Wildman–Crippen LogP) is 9.22. The fourth-order valence-electron chi connectivity index (χ4n) is 4.45. The van der Waals surface area contributed by atoms with Crippen LogP contribution in [0.5, 0.6) is 0 Å². The lowest BCUT2D eigenvalue weighted by Crippen LogP contribution is -2.04. The minimum absolute atomic E-state index is 0.767. The highest BCUT2D eigenvalue weighted by Gasteiger charge is 2.12. The third-order valence-electron chi connectivity index (χ3n) is 6.62. The third-order valence-corrected chi connectivity index (χ3v) is 6.62. The van der Waals surface area contributed by atoms with E-state index < -0.39 is 0 Å². The molecule has 0 aliphatic rings. The van der Waals surface area contributed by atoms with Crippen LogP contribution in [-0.4, -0.2) is 0 Å². The van der Waals surface area contributed by atoms with Crippen molar-refractivity contribution in [2.24, 2.45) is 23.7 Å². The van der Waals surface area contributed by atoms with Crippen LogP contribution in [0, 0.1) is 47.4 Å². The van der Waals surface area contributed by atoms with Crippen molar-refractivity contribution < 1.29 is 0 Å². The Hall–Kier alpha value is -1.66. The van der Waals surface area contributed by atoms with Crippen molar-refractivity contribution in [3.8, 4) is 23.7 Å². The Kier molecular flexibility index (Phi) is 14.2. The molecule has 0 heterocycles. The van der Waals surface area contributed by atoms with Crippen molar-refractivity contribution in [3.63, 3.8) is 0 Å². The first kappa shape index (κ1) is 28.4. The molecule has 178 valence electrons. The maximum atomic E-state index is 3.40. The molecule has 2 atom stereocenters. The minimum atomic E-state index is 0.767. The van der Waals surface area contributed by atoms with Crippen LogP contribution in [0.1, 0.15) is 129 Å². The second kappa shape index (κ2) is 16.0. The van der Waals surface area contributed by atoms with Gasteiger partial charge in [0.1, 0.15) is 0 Å². The van der Waals surface area contributed by atoms with Gasteiger partial charge >= 0.3 is 0 Å². The molecule has 0 amide bonds. The maximum absolute atomic E-state index is 3.40. The van der Waals surface area contributed by atoms with Gasteiger partial charge in [-0.05, 0) is 86.5 Å². The largest absolute Gasteiger partial charge is 0.101 e. The Bertz CT molecular complexity index is 704. The fourth-order valence-corrected chi connectivity index (χ4v) is 4.45. The first-order valence-corrected chi connectivity index (χ1v) is 13.3. The van der Waals surface area contributed by atoms with Gasteiger partial charge in [0.15, 0.2) is 0 Å². The van der Waals surface area contributed by atoms with Crippen molar-refractivity contribution >= 4 is 0 Å². The van der Waals surface area contributed by atoms with Crippen LogP contribution >= 0.6 is 0 Å². The lowest BCUT2D eigenvalue weighted by atomic mass is 9.88. The molecule has 32 heavy (non-hydrogen) atoms. The topological polar surface area (TPSA) is 0 Å². The molecule has 1 aromatic carbocycles. The summed E-state index contributed by atoms with van der Waals surface area (Å²) in [7, 11) is 0. The van der Waals surface area contributed by atoms with Crippen LogP contribution in [0.2, 0.25) is 0 Å². The van der Waals surface area contributed by atoms with Crippen LogP contribution in [-0.2, 0) is 12.8 Å². The average molecular weight is 435 g/mol. The monoisotopic (exact) mass is 434 g/mol. The van der Waals surface area contributed by atoms with Crippen LogP contribution in [0.15, 0.2) is 12.1 Å². The van der Waals surface area contributed by atoms with Gasteiger partial charge in [0, 0.05) is 11.1 Å². The molecule has 0 unspecified atom stereocenters. The Balaban J connectivity index is 2.86. The molecule has 0 saturated heterocycles. The van der Waals surface area contributed by atoms with Gasteiger partial charge in [-0.3, -0.25) is 0 Å². The van der Waals surface area contributed by atoms with Crippen LogP contribution in [0.4, 0.5) is 0 Å². The van der Waals surface area contributed by atoms with E-state index in [0.717, 1.165) is 36.5 Å². The highest BCUT2D eigenvalue weighted by atomic mass is 14.2. The van der Waals surface area contributed by atoms with E-state index in [2.05, 4.69) is 77.4 Å². The summed E-state index contributed by atoms with van der Waals surface area (Å²) in [5.74, 6) is 16.3. The average Bonchev–Trinajstić information content (AvgIpc) is 2.72. The lowest BCUT2D eigenvalue weighted by Gasteiger charge is -2.16. The van der Waals surface area contributed by atoms with E-state index in [4.69, 9.17) is 0 Å². The molecule has 0 fully saturated rings. The molecule has 0 aliphatic carbocycles. The van der Waals surface area contributed by atoms with Gasteiger partial charge in [0.2, 0.25) is 0 Å². The van der Waals surface area contributed by atoms with Gasteiger partial charge in [-0.15, -0.1) is 11.8 Å². The smallest absolute Gasteiger partial charge is 0.0280 e. The standard InChI is InChI=1S/C32H50/c1-9-13-29-23-32(22-20-28(8)18-12-16-26(5)6)30(14-10-2)24-31(29)21-19-27(7)17-11-15-25(3)4/h23-28H,11-12,15-22H2,1-8H3/t27-,28-/m1/s1. The highest BCUT2D eigenvalue weighted by molar-refractivity contribution is 5.52. The van der Waals surface area contributed by atoms with Gasteiger partial charge in [-0.25, -0.2) is 0 Å². The van der Waals surface area contributed by atoms with E-state index in [9.17, 15) is 0 Å².